The van der Waals surface area contributed by atoms with E-state index in [1.165, 1.54) is 38.5 Å². The van der Waals surface area contributed by atoms with Gasteiger partial charge >= 0.3 is 11.9 Å². The molecule has 2 rings (SSSR count). The van der Waals surface area contributed by atoms with Crippen LogP contribution < -0.4 is 9.47 Å². The molecule has 0 unspecified atom stereocenters. The summed E-state index contributed by atoms with van der Waals surface area (Å²) >= 11 is 4.94. The number of phenolic OH excluding ortho intramolecular Hbond substituents is 2. The molecule has 0 aliphatic rings. The van der Waals surface area contributed by atoms with E-state index in [-0.39, 0.29) is 63.1 Å². The molecule has 0 saturated heterocycles. The molecule has 11 nitrogen and oxygen atoms in total. The number of hydrogen-bond acceptors (Lipinski definition) is 11. The number of aliphatic hydroxyl groups is 3. The van der Waals surface area contributed by atoms with Gasteiger partial charge in [-0.3, -0.25) is 0 Å². The predicted octanol–water partition coefficient (Wildman–Crippen LogP) is 1.95. The molecule has 0 amide bonds. The van der Waals surface area contributed by atoms with Crippen LogP contribution in [0.3, 0.4) is 0 Å². The van der Waals surface area contributed by atoms with Gasteiger partial charge in [0.2, 0.25) is 0 Å². The highest BCUT2D eigenvalue weighted by Gasteiger charge is 2.10. The second-order valence-corrected chi connectivity index (χ2v) is 6.35. The van der Waals surface area contributed by atoms with Gasteiger partial charge in [-0.05, 0) is 24.3 Å². The van der Waals surface area contributed by atoms with Crippen molar-refractivity contribution in [2.24, 2.45) is 0 Å². The van der Waals surface area contributed by atoms with E-state index >= 15 is 0 Å². The number of carbonyl (C=O) groups excluding carboxylic acids is 2. The van der Waals surface area contributed by atoms with E-state index in [4.69, 9.17) is 46.6 Å². The van der Waals surface area contributed by atoms with E-state index in [0.717, 1.165) is 6.07 Å². The summed E-state index contributed by atoms with van der Waals surface area (Å²) in [4.78, 5) is 22.3. The first kappa shape index (κ1) is 33.9. The van der Waals surface area contributed by atoms with E-state index in [2.05, 4.69) is 9.47 Å². The van der Waals surface area contributed by atoms with E-state index in [9.17, 15) is 9.59 Å². The fraction of sp³-hybridized carbons (Fsp3) is 0.391. The van der Waals surface area contributed by atoms with Crippen LogP contribution in [0.5, 0.6) is 23.0 Å². The number of methoxy groups -OCH3 is 2. The molecule has 12 heteroatoms. The van der Waals surface area contributed by atoms with Gasteiger partial charge in [-0.1, -0.05) is 7.43 Å². The lowest BCUT2D eigenvalue weighted by atomic mass is 10.2. The second kappa shape index (κ2) is 20.2. The number of hydrogen-bond donors (Lipinski definition) is 5. The Morgan fingerprint density at radius 3 is 1.40 bits per heavy atom. The van der Waals surface area contributed by atoms with Gasteiger partial charge in [-0.2, -0.15) is 0 Å². The van der Waals surface area contributed by atoms with Gasteiger partial charge in [-0.25, -0.2) is 9.59 Å². The third kappa shape index (κ3) is 14.6. The highest BCUT2D eigenvalue weighted by atomic mass is 35.5. The molecule has 0 atom stereocenters. The molecule has 198 valence electrons. The minimum atomic E-state index is -0.596. The standard InChI is InChI=1S/C12H16O6.C8H8O4.C2H5ClO.CH4/c1-16-12(15)9-6-10(17-4-2-13)8-11(7-9)18-5-3-14;1-12-8(11)5-2-6(9)4-7(10)3-5;3-1-2-4;/h6-8,13-14H,2-5H2,1H3;2-4,9-10H,1H3;4H,1-2H2;1H4. The summed E-state index contributed by atoms with van der Waals surface area (Å²) in [7, 11) is 2.50. The largest absolute Gasteiger partial charge is 0.508 e. The lowest BCUT2D eigenvalue weighted by molar-refractivity contribution is 0.0591. The summed E-state index contributed by atoms with van der Waals surface area (Å²) in [6, 6.07) is 8.11. The number of esters is 2. The number of aliphatic hydroxyl groups excluding tert-OH is 3. The van der Waals surface area contributed by atoms with Crippen LogP contribution in [-0.4, -0.2) is 90.6 Å². The number of ether oxygens (including phenoxy) is 4. The minimum absolute atomic E-state index is 0. The predicted molar refractivity (Wildman–Crippen MR) is 129 cm³/mol. The van der Waals surface area contributed by atoms with Crippen molar-refractivity contribution in [1.82, 2.24) is 0 Å². The van der Waals surface area contributed by atoms with Gasteiger partial charge in [-0.15, -0.1) is 11.6 Å². The van der Waals surface area contributed by atoms with Crippen LogP contribution >= 0.6 is 11.6 Å². The molecule has 0 radical (unpaired) electrons. The van der Waals surface area contributed by atoms with Gasteiger partial charge in [0.05, 0.1) is 45.2 Å². The number of benzene rings is 2. The number of phenols is 2. The van der Waals surface area contributed by atoms with Crippen molar-refractivity contribution in [3.8, 4) is 23.0 Å². The average Bonchev–Trinajstić information content (AvgIpc) is 2.84. The van der Waals surface area contributed by atoms with Crippen LogP contribution in [0.15, 0.2) is 36.4 Å². The Hall–Kier alpha value is -3.25. The number of aromatic hydroxyl groups is 2. The van der Waals surface area contributed by atoms with Crippen LogP contribution in [0.2, 0.25) is 0 Å². The molecule has 0 heterocycles. The zero-order valence-corrected chi connectivity index (χ0v) is 19.5. The van der Waals surface area contributed by atoms with E-state index in [0.29, 0.717) is 17.4 Å². The van der Waals surface area contributed by atoms with Crippen LogP contribution in [-0.2, 0) is 9.47 Å². The van der Waals surface area contributed by atoms with Crippen molar-refractivity contribution < 1.29 is 54.1 Å². The summed E-state index contributed by atoms with van der Waals surface area (Å²) in [6.45, 7) is 0.0558. The van der Waals surface area contributed by atoms with Gasteiger partial charge in [0.1, 0.15) is 36.2 Å². The Morgan fingerprint density at radius 1 is 0.714 bits per heavy atom. The van der Waals surface area contributed by atoms with Gasteiger partial charge in [0.25, 0.3) is 0 Å². The van der Waals surface area contributed by atoms with E-state index in [1.54, 1.807) is 6.07 Å². The fourth-order valence-corrected chi connectivity index (χ4v) is 2.13. The Kier molecular flexibility index (Phi) is 19.5. The third-order valence-corrected chi connectivity index (χ3v) is 3.60. The summed E-state index contributed by atoms with van der Waals surface area (Å²) in [5.41, 5.74) is 0.399. The van der Waals surface area contributed by atoms with E-state index < -0.39 is 11.9 Å². The molecule has 5 N–H and O–H groups in total. The summed E-state index contributed by atoms with van der Waals surface area (Å²) in [6.07, 6.45) is 0. The lowest BCUT2D eigenvalue weighted by Crippen LogP contribution is -2.07. The maximum Gasteiger partial charge on any atom is 0.338 e. The molecular weight excluding hydrogens is 488 g/mol. The molecule has 0 aliphatic heterocycles. The smallest absolute Gasteiger partial charge is 0.338 e. The molecule has 0 saturated carbocycles. The highest BCUT2D eigenvalue weighted by molar-refractivity contribution is 6.17. The highest BCUT2D eigenvalue weighted by Crippen LogP contribution is 2.24. The minimum Gasteiger partial charge on any atom is -0.508 e. The van der Waals surface area contributed by atoms with Crippen molar-refractivity contribution in [3.63, 3.8) is 0 Å². The van der Waals surface area contributed by atoms with Crippen molar-refractivity contribution >= 4 is 23.5 Å². The fourth-order valence-electron chi connectivity index (χ4n) is 2.13. The second-order valence-electron chi connectivity index (χ2n) is 5.97. The SMILES string of the molecule is C.COC(=O)c1cc(O)cc(O)c1.COC(=O)c1cc(OCCO)cc(OCCO)c1.OCCCl. The molecule has 2 aromatic carbocycles. The molecule has 0 fully saturated rings. The molecule has 0 aliphatic carbocycles. The molecule has 35 heavy (non-hydrogen) atoms. The lowest BCUT2D eigenvalue weighted by Gasteiger charge is -2.10. The van der Waals surface area contributed by atoms with E-state index in [1.807, 2.05) is 0 Å². The number of halogens is 1. The number of carbonyl (C=O) groups is 2. The van der Waals surface area contributed by atoms with Crippen molar-refractivity contribution in [3.05, 3.63) is 47.5 Å². The third-order valence-electron chi connectivity index (χ3n) is 3.43. The van der Waals surface area contributed by atoms with Gasteiger partial charge < -0.3 is 44.5 Å². The first-order chi connectivity index (χ1) is 16.3. The quantitative estimate of drug-likeness (QED) is 0.241. The van der Waals surface area contributed by atoms with Crippen molar-refractivity contribution in [1.29, 1.82) is 0 Å². The topological polar surface area (TPSA) is 172 Å². The molecule has 0 aromatic heterocycles. The molecule has 0 bridgehead atoms. The first-order valence-electron chi connectivity index (χ1n) is 9.75. The normalized spacial score (nSPS) is 9.20. The molecular formula is C23H33ClO11. The van der Waals surface area contributed by atoms with Crippen molar-refractivity contribution in [2.75, 3.05) is 53.1 Å². The zero-order valence-electron chi connectivity index (χ0n) is 18.8. The molecule has 0 spiro atoms. The van der Waals surface area contributed by atoms with Crippen LogP contribution in [0.1, 0.15) is 28.1 Å². The molecule has 2 aromatic rings. The van der Waals surface area contributed by atoms with Crippen LogP contribution in [0.4, 0.5) is 0 Å². The van der Waals surface area contributed by atoms with Crippen molar-refractivity contribution in [2.45, 2.75) is 7.43 Å². The number of rotatable bonds is 9. The first-order valence-corrected chi connectivity index (χ1v) is 10.3. The van der Waals surface area contributed by atoms with Gasteiger partial charge in [0.15, 0.2) is 0 Å². The Balaban J connectivity index is 0. The monoisotopic (exact) mass is 520 g/mol. The number of alkyl halides is 1. The van der Waals surface area contributed by atoms with Crippen LogP contribution in [0, 0.1) is 0 Å². The summed E-state index contributed by atoms with van der Waals surface area (Å²) < 4.78 is 19.4. The average molecular weight is 521 g/mol. The maximum absolute atomic E-state index is 11.4. The Morgan fingerprint density at radius 2 is 1.09 bits per heavy atom. The summed E-state index contributed by atoms with van der Waals surface area (Å²) in [5, 5.41) is 43.0. The maximum atomic E-state index is 11.4. The Labute approximate surface area is 209 Å². The van der Waals surface area contributed by atoms with Gasteiger partial charge in [0, 0.05) is 18.0 Å². The Bertz CT molecular complexity index is 826. The summed E-state index contributed by atoms with van der Waals surface area (Å²) in [5.74, 6) is -0.329. The van der Waals surface area contributed by atoms with Crippen LogP contribution in [0.25, 0.3) is 0 Å². The zero-order chi connectivity index (χ0) is 25.9.